The molecular formula is C14H16N2O6. The Morgan fingerprint density at radius 3 is 2.09 bits per heavy atom. The van der Waals surface area contributed by atoms with Crippen molar-refractivity contribution < 1.29 is 19.4 Å². The Hall–Kier alpha value is -2.51. The first-order chi connectivity index (χ1) is 10.5. The maximum Gasteiger partial charge on any atom is 0.338 e. The van der Waals surface area contributed by atoms with Gasteiger partial charge in [-0.05, 0) is 18.8 Å². The number of benzene rings is 1. The molecule has 1 aliphatic rings. The van der Waals surface area contributed by atoms with Crippen molar-refractivity contribution in [2.75, 3.05) is 6.61 Å². The van der Waals surface area contributed by atoms with Crippen molar-refractivity contribution in [1.29, 1.82) is 0 Å². The van der Waals surface area contributed by atoms with E-state index in [-0.39, 0.29) is 12.2 Å². The lowest BCUT2D eigenvalue weighted by Crippen LogP contribution is -2.17. The summed E-state index contributed by atoms with van der Waals surface area (Å²) < 4.78 is 5.15. The molecule has 2 rings (SSSR count). The number of hydrogen-bond donors (Lipinski definition) is 0. The third-order valence-corrected chi connectivity index (χ3v) is 3.73. The molecule has 0 bridgehead atoms. The van der Waals surface area contributed by atoms with Crippen LogP contribution in [0.2, 0.25) is 0 Å². The number of rotatable bonds is 5. The lowest BCUT2D eigenvalue weighted by molar-refractivity contribution is -0.394. The molecular weight excluding hydrogens is 292 g/mol. The summed E-state index contributed by atoms with van der Waals surface area (Å²) >= 11 is 0. The molecule has 0 saturated heterocycles. The summed E-state index contributed by atoms with van der Waals surface area (Å²) in [6.45, 7) is 0.245. The van der Waals surface area contributed by atoms with E-state index in [1.165, 1.54) is 6.42 Å². The van der Waals surface area contributed by atoms with E-state index >= 15 is 0 Å². The normalized spacial score (nSPS) is 15.3. The third-order valence-electron chi connectivity index (χ3n) is 3.73. The Balaban J connectivity index is 2.10. The van der Waals surface area contributed by atoms with Gasteiger partial charge in [-0.1, -0.05) is 19.3 Å². The topological polar surface area (TPSA) is 113 Å². The fourth-order valence-electron chi connectivity index (χ4n) is 2.55. The Morgan fingerprint density at radius 2 is 1.59 bits per heavy atom. The summed E-state index contributed by atoms with van der Waals surface area (Å²) in [6, 6.07) is 2.81. The minimum Gasteiger partial charge on any atom is -0.462 e. The average Bonchev–Trinajstić information content (AvgIpc) is 2.53. The number of esters is 1. The first-order valence-electron chi connectivity index (χ1n) is 7.08. The summed E-state index contributed by atoms with van der Waals surface area (Å²) in [4.78, 5) is 32.0. The van der Waals surface area contributed by atoms with Crippen LogP contribution >= 0.6 is 0 Å². The second kappa shape index (κ2) is 6.97. The van der Waals surface area contributed by atoms with Crippen LogP contribution in [0.25, 0.3) is 0 Å². The smallest absolute Gasteiger partial charge is 0.338 e. The molecule has 0 amide bonds. The highest BCUT2D eigenvalue weighted by Gasteiger charge is 2.22. The number of nitro benzene ring substituents is 2. The highest BCUT2D eigenvalue weighted by molar-refractivity contribution is 5.91. The van der Waals surface area contributed by atoms with Crippen LogP contribution < -0.4 is 0 Å². The molecule has 1 aliphatic carbocycles. The van der Waals surface area contributed by atoms with Crippen molar-refractivity contribution in [3.05, 3.63) is 44.0 Å². The standard InChI is InChI=1S/C14H16N2O6/c17-14(22-9-10-4-2-1-3-5-10)11-6-12(15(18)19)8-13(7-11)16(20)21/h6-8,10H,1-5,9H2. The lowest BCUT2D eigenvalue weighted by Gasteiger charge is -2.20. The second-order valence-electron chi connectivity index (χ2n) is 5.35. The minimum absolute atomic E-state index is 0.170. The maximum atomic E-state index is 12.0. The van der Waals surface area contributed by atoms with Crippen LogP contribution in [0, 0.1) is 26.1 Å². The molecule has 1 aromatic carbocycles. The summed E-state index contributed by atoms with van der Waals surface area (Å²) in [5, 5.41) is 21.6. The van der Waals surface area contributed by atoms with Crippen LogP contribution in [0.3, 0.4) is 0 Å². The molecule has 1 saturated carbocycles. The van der Waals surface area contributed by atoms with Gasteiger partial charge >= 0.3 is 5.97 Å². The molecule has 0 aliphatic heterocycles. The number of hydrogen-bond acceptors (Lipinski definition) is 6. The average molecular weight is 308 g/mol. The molecule has 0 radical (unpaired) electrons. The summed E-state index contributed by atoms with van der Waals surface area (Å²) in [5.74, 6) is -0.469. The Kier molecular flexibility index (Phi) is 5.03. The molecule has 0 spiro atoms. The highest BCUT2D eigenvalue weighted by Crippen LogP contribution is 2.26. The molecule has 0 N–H and O–H groups in total. The van der Waals surface area contributed by atoms with Gasteiger partial charge in [0, 0.05) is 12.1 Å². The predicted octanol–water partition coefficient (Wildman–Crippen LogP) is 3.24. The molecule has 0 atom stereocenters. The number of nitrogens with zero attached hydrogens (tertiary/aromatic N) is 2. The van der Waals surface area contributed by atoms with E-state index in [0.717, 1.165) is 43.9 Å². The minimum atomic E-state index is -0.773. The summed E-state index contributed by atoms with van der Waals surface area (Å²) in [7, 11) is 0. The number of nitro groups is 2. The quantitative estimate of drug-likeness (QED) is 0.468. The van der Waals surface area contributed by atoms with Crippen molar-refractivity contribution in [1.82, 2.24) is 0 Å². The number of ether oxygens (including phenoxy) is 1. The van der Waals surface area contributed by atoms with Crippen LogP contribution in [0.15, 0.2) is 18.2 Å². The fraction of sp³-hybridized carbons (Fsp3) is 0.500. The van der Waals surface area contributed by atoms with Crippen molar-refractivity contribution in [3.8, 4) is 0 Å². The van der Waals surface area contributed by atoms with Crippen LogP contribution in [0.5, 0.6) is 0 Å². The summed E-state index contributed by atoms with van der Waals surface area (Å²) in [6.07, 6.45) is 5.36. The van der Waals surface area contributed by atoms with Gasteiger partial charge < -0.3 is 4.74 Å². The van der Waals surface area contributed by atoms with Crippen molar-refractivity contribution in [3.63, 3.8) is 0 Å². The van der Waals surface area contributed by atoms with Crippen molar-refractivity contribution in [2.45, 2.75) is 32.1 Å². The fourth-order valence-corrected chi connectivity index (χ4v) is 2.55. The maximum absolute atomic E-state index is 12.0. The van der Waals surface area contributed by atoms with E-state index < -0.39 is 27.2 Å². The van der Waals surface area contributed by atoms with E-state index in [9.17, 15) is 25.0 Å². The van der Waals surface area contributed by atoms with Crippen LogP contribution in [-0.2, 0) is 4.74 Å². The van der Waals surface area contributed by atoms with E-state index in [1.54, 1.807) is 0 Å². The molecule has 118 valence electrons. The molecule has 0 heterocycles. The molecule has 22 heavy (non-hydrogen) atoms. The zero-order chi connectivity index (χ0) is 16.1. The van der Waals surface area contributed by atoms with Crippen LogP contribution in [-0.4, -0.2) is 22.4 Å². The van der Waals surface area contributed by atoms with Gasteiger partial charge in [0.05, 0.1) is 28.1 Å². The number of carbonyl (C=O) groups is 1. The van der Waals surface area contributed by atoms with Gasteiger partial charge in [0.2, 0.25) is 0 Å². The Bertz CT molecular complexity index is 563. The van der Waals surface area contributed by atoms with Gasteiger partial charge in [0.15, 0.2) is 0 Å². The third kappa shape index (κ3) is 4.00. The first-order valence-corrected chi connectivity index (χ1v) is 7.08. The zero-order valence-corrected chi connectivity index (χ0v) is 11.9. The van der Waals surface area contributed by atoms with Gasteiger partial charge in [-0.2, -0.15) is 0 Å². The molecule has 8 heteroatoms. The van der Waals surface area contributed by atoms with Crippen molar-refractivity contribution >= 4 is 17.3 Å². The van der Waals surface area contributed by atoms with Gasteiger partial charge in [-0.15, -0.1) is 0 Å². The lowest BCUT2D eigenvalue weighted by atomic mass is 9.90. The summed E-state index contributed by atoms with van der Waals surface area (Å²) in [5.41, 5.74) is -1.17. The predicted molar refractivity (Wildman–Crippen MR) is 76.6 cm³/mol. The van der Waals surface area contributed by atoms with E-state index in [2.05, 4.69) is 0 Å². The molecule has 1 aromatic rings. The molecule has 1 fully saturated rings. The first kappa shape index (κ1) is 15.9. The SMILES string of the molecule is O=C(OCC1CCCCC1)c1cc([N+](=O)[O-])cc([N+](=O)[O-])c1. The monoisotopic (exact) mass is 308 g/mol. The molecule has 8 nitrogen and oxygen atoms in total. The van der Waals surface area contributed by atoms with Crippen molar-refractivity contribution in [2.24, 2.45) is 5.92 Å². The van der Waals surface area contributed by atoms with Gasteiger partial charge in [0.1, 0.15) is 0 Å². The number of carbonyl (C=O) groups excluding carboxylic acids is 1. The molecule has 0 aromatic heterocycles. The van der Waals surface area contributed by atoms with Gasteiger partial charge in [-0.3, -0.25) is 20.2 Å². The van der Waals surface area contributed by atoms with Crippen LogP contribution in [0.4, 0.5) is 11.4 Å². The van der Waals surface area contributed by atoms with E-state index in [0.29, 0.717) is 5.92 Å². The largest absolute Gasteiger partial charge is 0.462 e. The van der Waals surface area contributed by atoms with Gasteiger partial charge in [0.25, 0.3) is 11.4 Å². The molecule has 0 unspecified atom stereocenters. The second-order valence-corrected chi connectivity index (χ2v) is 5.35. The van der Waals surface area contributed by atoms with Crippen LogP contribution in [0.1, 0.15) is 42.5 Å². The van der Waals surface area contributed by atoms with E-state index in [1.807, 2.05) is 0 Å². The Labute approximate surface area is 126 Å². The van der Waals surface area contributed by atoms with E-state index in [4.69, 9.17) is 4.74 Å². The zero-order valence-electron chi connectivity index (χ0n) is 11.9. The highest BCUT2D eigenvalue weighted by atomic mass is 16.6. The Morgan fingerprint density at radius 1 is 1.05 bits per heavy atom. The van der Waals surface area contributed by atoms with Gasteiger partial charge in [-0.25, -0.2) is 4.79 Å². The number of non-ortho nitro benzene ring substituents is 2.